The second-order valence-electron chi connectivity index (χ2n) is 9.82. The molecule has 0 radical (unpaired) electrons. The van der Waals surface area contributed by atoms with Gasteiger partial charge < -0.3 is 15.0 Å². The molecule has 0 saturated heterocycles. The third-order valence-corrected chi connectivity index (χ3v) is 8.09. The van der Waals surface area contributed by atoms with Crippen molar-refractivity contribution in [1.82, 2.24) is 14.5 Å². The lowest BCUT2D eigenvalue weighted by molar-refractivity contribution is -0.141. The quantitative estimate of drug-likeness (QED) is 0.370. The van der Waals surface area contributed by atoms with E-state index in [1.807, 2.05) is 63.2 Å². The van der Waals surface area contributed by atoms with E-state index in [-0.39, 0.29) is 29.8 Å². The van der Waals surface area contributed by atoms with Crippen molar-refractivity contribution < 1.29 is 22.7 Å². The zero-order valence-electron chi connectivity index (χ0n) is 23.1. The van der Waals surface area contributed by atoms with Crippen molar-refractivity contribution in [2.24, 2.45) is 0 Å². The number of sulfonamides is 1. The summed E-state index contributed by atoms with van der Waals surface area (Å²) in [7, 11) is -0.997. The van der Waals surface area contributed by atoms with E-state index in [0.29, 0.717) is 5.75 Å². The van der Waals surface area contributed by atoms with Crippen LogP contribution in [-0.2, 0) is 32.6 Å². The fourth-order valence-electron chi connectivity index (χ4n) is 4.16. The number of rotatable bonds is 12. The first-order valence-corrected chi connectivity index (χ1v) is 14.2. The molecule has 0 saturated carbocycles. The summed E-state index contributed by atoms with van der Waals surface area (Å²) in [6.07, 6.45) is 0.267. The van der Waals surface area contributed by atoms with E-state index >= 15 is 0 Å². The predicted molar refractivity (Wildman–Crippen MR) is 152 cm³/mol. The molecule has 3 rings (SSSR count). The van der Waals surface area contributed by atoms with Crippen molar-refractivity contribution >= 4 is 21.8 Å². The molecule has 9 heteroatoms. The van der Waals surface area contributed by atoms with Gasteiger partial charge in [-0.05, 0) is 56.2 Å². The minimum Gasteiger partial charge on any atom is -0.497 e. The van der Waals surface area contributed by atoms with Crippen LogP contribution in [0.4, 0.5) is 0 Å². The Hall–Kier alpha value is -3.69. The molecular weight excluding hydrogens is 514 g/mol. The van der Waals surface area contributed by atoms with Crippen LogP contribution in [0.3, 0.4) is 0 Å². The van der Waals surface area contributed by atoms with Crippen LogP contribution in [0.15, 0.2) is 83.8 Å². The maximum Gasteiger partial charge on any atom is 0.243 e. The molecular formula is C30H37N3O5S. The highest BCUT2D eigenvalue weighted by molar-refractivity contribution is 7.89. The topological polar surface area (TPSA) is 96.0 Å². The Bertz CT molecular complexity index is 1360. The summed E-state index contributed by atoms with van der Waals surface area (Å²) in [5, 5.41) is 2.93. The number of nitrogens with zero attached hydrogens (tertiary/aromatic N) is 2. The third-order valence-electron chi connectivity index (χ3n) is 6.28. The maximum atomic E-state index is 13.9. The molecule has 0 spiro atoms. The number of benzene rings is 3. The van der Waals surface area contributed by atoms with E-state index in [0.717, 1.165) is 21.0 Å². The highest BCUT2D eigenvalue weighted by atomic mass is 32.2. The normalized spacial score (nSPS) is 12.3. The van der Waals surface area contributed by atoms with Crippen molar-refractivity contribution in [3.63, 3.8) is 0 Å². The number of aryl methyl sites for hydroxylation is 1. The van der Waals surface area contributed by atoms with Gasteiger partial charge in [0.2, 0.25) is 21.8 Å². The Morgan fingerprint density at radius 1 is 0.923 bits per heavy atom. The fraction of sp³-hybridized carbons (Fsp3) is 0.333. The molecule has 208 valence electrons. The SMILES string of the molecule is COc1cccc(CN(C(=O)CN(C)S(=O)(=O)c2ccc(C)cc2)[C@H](Cc2ccccc2)C(=O)NC(C)C)c1. The third kappa shape index (κ3) is 8.15. The van der Waals surface area contributed by atoms with Crippen molar-refractivity contribution in [3.05, 3.63) is 95.6 Å². The van der Waals surface area contributed by atoms with Crippen LogP contribution in [0.2, 0.25) is 0 Å². The zero-order valence-corrected chi connectivity index (χ0v) is 23.9. The van der Waals surface area contributed by atoms with Crippen LogP contribution >= 0.6 is 0 Å². The van der Waals surface area contributed by atoms with Gasteiger partial charge in [0, 0.05) is 26.1 Å². The number of likely N-dealkylation sites (N-methyl/N-ethyl adjacent to an activating group) is 1. The monoisotopic (exact) mass is 551 g/mol. The standard InChI is InChI=1S/C30H37N3O5S/c1-22(2)31-30(35)28(19-24-10-7-6-8-11-24)33(20-25-12-9-13-26(18-25)38-5)29(34)21-32(4)39(36,37)27-16-14-23(3)15-17-27/h6-18,22,28H,19-21H2,1-5H3,(H,31,35)/t28-/m1/s1. The van der Waals surface area contributed by atoms with Crippen molar-refractivity contribution in [2.45, 2.75) is 50.7 Å². The van der Waals surface area contributed by atoms with Crippen LogP contribution in [0.1, 0.15) is 30.5 Å². The van der Waals surface area contributed by atoms with Gasteiger partial charge in [-0.1, -0.05) is 60.2 Å². The summed E-state index contributed by atoms with van der Waals surface area (Å²) in [5.41, 5.74) is 2.56. The Morgan fingerprint density at radius 3 is 2.18 bits per heavy atom. The number of hydrogen-bond acceptors (Lipinski definition) is 5. The molecule has 0 bridgehead atoms. The van der Waals surface area contributed by atoms with E-state index in [1.54, 1.807) is 31.4 Å². The molecule has 1 atom stereocenters. The number of carbonyl (C=O) groups is 2. The molecule has 0 aliphatic carbocycles. The van der Waals surface area contributed by atoms with Gasteiger partial charge in [0.15, 0.2) is 0 Å². The van der Waals surface area contributed by atoms with Crippen molar-refractivity contribution in [3.8, 4) is 5.75 Å². The predicted octanol–water partition coefficient (Wildman–Crippen LogP) is 3.79. The highest BCUT2D eigenvalue weighted by Crippen LogP contribution is 2.20. The number of nitrogens with one attached hydrogen (secondary N) is 1. The van der Waals surface area contributed by atoms with Crippen LogP contribution in [0.25, 0.3) is 0 Å². The minimum absolute atomic E-state index is 0.0947. The number of amides is 2. The fourth-order valence-corrected chi connectivity index (χ4v) is 5.28. The molecule has 0 heterocycles. The first-order valence-electron chi connectivity index (χ1n) is 12.8. The van der Waals surface area contributed by atoms with Crippen LogP contribution in [-0.4, -0.2) is 62.2 Å². The summed E-state index contributed by atoms with van der Waals surface area (Å²) in [4.78, 5) is 28.9. The van der Waals surface area contributed by atoms with E-state index in [2.05, 4.69) is 5.32 Å². The number of ether oxygens (including phenoxy) is 1. The van der Waals surface area contributed by atoms with Gasteiger partial charge in [0.25, 0.3) is 0 Å². The van der Waals surface area contributed by atoms with Gasteiger partial charge in [0.05, 0.1) is 18.6 Å². The first kappa shape index (κ1) is 29.9. The van der Waals surface area contributed by atoms with Crippen LogP contribution in [0, 0.1) is 6.92 Å². The average Bonchev–Trinajstić information content (AvgIpc) is 2.91. The second kappa shape index (κ2) is 13.4. The van der Waals surface area contributed by atoms with Gasteiger partial charge in [-0.2, -0.15) is 4.31 Å². The second-order valence-corrected chi connectivity index (χ2v) is 11.9. The number of hydrogen-bond donors (Lipinski definition) is 1. The summed E-state index contributed by atoms with van der Waals surface area (Å²) in [6, 6.07) is 22.1. The highest BCUT2D eigenvalue weighted by Gasteiger charge is 2.33. The molecule has 3 aromatic carbocycles. The Kier molecular flexibility index (Phi) is 10.3. The van der Waals surface area contributed by atoms with Gasteiger partial charge in [-0.15, -0.1) is 0 Å². The molecule has 8 nitrogen and oxygen atoms in total. The summed E-state index contributed by atoms with van der Waals surface area (Å²) in [6.45, 7) is 5.24. The Balaban J connectivity index is 1.98. The van der Waals surface area contributed by atoms with Crippen LogP contribution in [0.5, 0.6) is 5.75 Å². The molecule has 0 aromatic heterocycles. The maximum absolute atomic E-state index is 13.9. The first-order chi connectivity index (χ1) is 18.5. The van der Waals surface area contributed by atoms with Gasteiger partial charge in [0.1, 0.15) is 11.8 Å². The van der Waals surface area contributed by atoms with E-state index in [9.17, 15) is 18.0 Å². The molecule has 39 heavy (non-hydrogen) atoms. The summed E-state index contributed by atoms with van der Waals surface area (Å²) >= 11 is 0. The van der Waals surface area contributed by atoms with E-state index < -0.39 is 28.5 Å². The van der Waals surface area contributed by atoms with Crippen LogP contribution < -0.4 is 10.1 Å². The summed E-state index contributed by atoms with van der Waals surface area (Å²) < 4.78 is 32.9. The Labute approximate surface area is 231 Å². The van der Waals surface area contributed by atoms with Gasteiger partial charge >= 0.3 is 0 Å². The van der Waals surface area contributed by atoms with Crippen molar-refractivity contribution in [1.29, 1.82) is 0 Å². The van der Waals surface area contributed by atoms with E-state index in [4.69, 9.17) is 4.74 Å². The smallest absolute Gasteiger partial charge is 0.243 e. The number of carbonyl (C=O) groups excluding carboxylic acids is 2. The largest absolute Gasteiger partial charge is 0.497 e. The molecule has 0 unspecified atom stereocenters. The molecule has 0 fully saturated rings. The van der Waals surface area contributed by atoms with Gasteiger partial charge in [-0.25, -0.2) is 8.42 Å². The lowest BCUT2D eigenvalue weighted by atomic mass is 10.0. The lowest BCUT2D eigenvalue weighted by Gasteiger charge is -2.33. The van der Waals surface area contributed by atoms with Crippen molar-refractivity contribution in [2.75, 3.05) is 20.7 Å². The number of methoxy groups -OCH3 is 1. The lowest BCUT2D eigenvalue weighted by Crippen LogP contribution is -2.53. The molecule has 1 N–H and O–H groups in total. The van der Waals surface area contributed by atoms with Gasteiger partial charge in [-0.3, -0.25) is 9.59 Å². The average molecular weight is 552 g/mol. The molecule has 0 aliphatic rings. The zero-order chi connectivity index (χ0) is 28.6. The molecule has 3 aromatic rings. The molecule has 0 aliphatic heterocycles. The molecule has 2 amide bonds. The summed E-state index contributed by atoms with van der Waals surface area (Å²) in [5.74, 6) is -0.185. The van der Waals surface area contributed by atoms with E-state index in [1.165, 1.54) is 24.1 Å². The minimum atomic E-state index is -3.93. The Morgan fingerprint density at radius 2 is 1.56 bits per heavy atom.